The summed E-state index contributed by atoms with van der Waals surface area (Å²) < 4.78 is 0.957. The Balaban J connectivity index is 2.10. The van der Waals surface area contributed by atoms with E-state index < -0.39 is 0 Å². The van der Waals surface area contributed by atoms with Crippen LogP contribution < -0.4 is 0 Å². The Labute approximate surface area is 149 Å². The van der Waals surface area contributed by atoms with E-state index in [1.165, 1.54) is 0 Å². The highest BCUT2D eigenvalue weighted by Gasteiger charge is 2.10. The van der Waals surface area contributed by atoms with Gasteiger partial charge in [0.2, 0.25) is 0 Å². The summed E-state index contributed by atoms with van der Waals surface area (Å²) in [6.45, 7) is 0. The van der Waals surface area contributed by atoms with Crippen molar-refractivity contribution in [1.29, 1.82) is 0 Å². The summed E-state index contributed by atoms with van der Waals surface area (Å²) in [5.41, 5.74) is 3.42. The maximum Gasteiger partial charge on any atom is 0.199 e. The highest BCUT2D eigenvalue weighted by Crippen LogP contribution is 2.15. The maximum absolute atomic E-state index is 9.46. The topological polar surface area (TPSA) is 45.0 Å². The highest BCUT2D eigenvalue weighted by atomic mass is 79.9. The monoisotopic (exact) mass is 378 g/mol. The number of rotatable bonds is 3. The zero-order chi connectivity index (χ0) is 16.8. The van der Waals surface area contributed by atoms with Gasteiger partial charge in [0.15, 0.2) is 5.84 Å². The first-order chi connectivity index (χ1) is 11.8. The van der Waals surface area contributed by atoms with Crippen LogP contribution in [0.2, 0.25) is 0 Å². The minimum atomic E-state index is 0.269. The van der Waals surface area contributed by atoms with E-state index in [-0.39, 0.29) is 5.84 Å². The molecule has 0 fully saturated rings. The van der Waals surface area contributed by atoms with Gasteiger partial charge in [-0.2, -0.15) is 0 Å². The first-order valence-corrected chi connectivity index (χ1v) is 8.25. The van der Waals surface area contributed by atoms with Crippen molar-refractivity contribution >= 4 is 27.5 Å². The van der Waals surface area contributed by atoms with Gasteiger partial charge in [0.05, 0.1) is 5.71 Å². The second-order valence-electron chi connectivity index (χ2n) is 5.12. The van der Waals surface area contributed by atoms with Gasteiger partial charge in [-0.05, 0) is 24.3 Å². The Kier molecular flexibility index (Phi) is 5.18. The third-order valence-corrected chi connectivity index (χ3v) is 4.04. The summed E-state index contributed by atoms with van der Waals surface area (Å²) in [7, 11) is 0. The van der Waals surface area contributed by atoms with Crippen LogP contribution in [0, 0.1) is 0 Å². The van der Waals surface area contributed by atoms with Gasteiger partial charge in [-0.3, -0.25) is 0 Å². The fourth-order valence-corrected chi connectivity index (χ4v) is 2.60. The van der Waals surface area contributed by atoms with Crippen LogP contribution in [-0.4, -0.2) is 16.8 Å². The molecule has 3 nitrogen and oxygen atoms in total. The van der Waals surface area contributed by atoms with Gasteiger partial charge in [-0.25, -0.2) is 4.99 Å². The summed E-state index contributed by atoms with van der Waals surface area (Å²) in [6, 6.07) is 27.2. The molecule has 3 aromatic carbocycles. The number of hydrogen-bond acceptors (Lipinski definition) is 2. The van der Waals surface area contributed by atoms with E-state index >= 15 is 0 Å². The molecule has 4 heteroatoms. The second-order valence-corrected chi connectivity index (χ2v) is 6.04. The van der Waals surface area contributed by atoms with Crippen molar-refractivity contribution < 1.29 is 5.21 Å². The Bertz CT molecular complexity index is 816. The van der Waals surface area contributed by atoms with Crippen molar-refractivity contribution in [3.05, 3.63) is 106 Å². The van der Waals surface area contributed by atoms with Crippen molar-refractivity contribution in [3.63, 3.8) is 0 Å². The zero-order valence-electron chi connectivity index (χ0n) is 12.8. The first-order valence-electron chi connectivity index (χ1n) is 7.45. The summed E-state index contributed by atoms with van der Waals surface area (Å²) in [5, 5.41) is 12.9. The highest BCUT2D eigenvalue weighted by molar-refractivity contribution is 9.10. The van der Waals surface area contributed by atoms with Gasteiger partial charge in [-0.1, -0.05) is 81.7 Å². The standard InChI is InChI=1S/C20H15BrN2O/c21-18-13-11-17(12-14-18)20(23-24)22-19(15-7-3-1-4-8-15)16-9-5-2-6-10-16/h1-14,24H/b23-20+. The van der Waals surface area contributed by atoms with E-state index in [1.807, 2.05) is 84.9 Å². The fraction of sp³-hybridized carbons (Fsp3) is 0. The van der Waals surface area contributed by atoms with Crippen LogP contribution in [0.25, 0.3) is 0 Å². The van der Waals surface area contributed by atoms with Gasteiger partial charge in [-0.15, -0.1) is 0 Å². The summed E-state index contributed by atoms with van der Waals surface area (Å²) in [6.07, 6.45) is 0. The summed E-state index contributed by atoms with van der Waals surface area (Å²) in [5.74, 6) is 0.269. The molecular weight excluding hydrogens is 364 g/mol. The van der Waals surface area contributed by atoms with E-state index in [0.717, 1.165) is 26.9 Å². The molecule has 0 saturated heterocycles. The lowest BCUT2D eigenvalue weighted by Crippen LogP contribution is -2.08. The molecule has 0 bridgehead atoms. The van der Waals surface area contributed by atoms with Crippen LogP contribution in [0.4, 0.5) is 0 Å². The number of aliphatic imine (C=N–C) groups is 1. The van der Waals surface area contributed by atoms with Crippen LogP contribution in [0.1, 0.15) is 16.7 Å². The molecule has 0 amide bonds. The molecule has 3 aromatic rings. The molecule has 24 heavy (non-hydrogen) atoms. The molecule has 3 rings (SSSR count). The lowest BCUT2D eigenvalue weighted by molar-refractivity contribution is 0.318. The van der Waals surface area contributed by atoms with E-state index in [4.69, 9.17) is 0 Å². The molecule has 1 N–H and O–H groups in total. The average molecular weight is 379 g/mol. The summed E-state index contributed by atoms with van der Waals surface area (Å²) in [4.78, 5) is 4.64. The number of amidine groups is 1. The van der Waals surface area contributed by atoms with E-state index in [2.05, 4.69) is 26.1 Å². The normalized spacial score (nSPS) is 11.1. The first kappa shape index (κ1) is 16.1. The smallest absolute Gasteiger partial charge is 0.199 e. The predicted molar refractivity (Wildman–Crippen MR) is 101 cm³/mol. The molecule has 118 valence electrons. The Morgan fingerprint density at radius 2 is 1.17 bits per heavy atom. The Morgan fingerprint density at radius 3 is 1.62 bits per heavy atom. The molecule has 0 aromatic heterocycles. The van der Waals surface area contributed by atoms with Crippen molar-refractivity contribution in [3.8, 4) is 0 Å². The Morgan fingerprint density at radius 1 is 0.667 bits per heavy atom. The third-order valence-electron chi connectivity index (χ3n) is 3.51. The van der Waals surface area contributed by atoms with Crippen LogP contribution in [-0.2, 0) is 0 Å². The minimum Gasteiger partial charge on any atom is -0.409 e. The van der Waals surface area contributed by atoms with Gasteiger partial charge >= 0.3 is 0 Å². The van der Waals surface area contributed by atoms with Crippen molar-refractivity contribution in [2.45, 2.75) is 0 Å². The largest absolute Gasteiger partial charge is 0.409 e. The second kappa shape index (κ2) is 7.70. The van der Waals surface area contributed by atoms with Crippen LogP contribution in [0.3, 0.4) is 0 Å². The SMILES string of the molecule is O/N=C(/N=C(c1ccccc1)c1ccccc1)c1ccc(Br)cc1. The number of hydrogen-bond donors (Lipinski definition) is 1. The predicted octanol–water partition coefficient (Wildman–Crippen LogP) is 5.12. The third kappa shape index (κ3) is 3.78. The van der Waals surface area contributed by atoms with Crippen molar-refractivity contribution in [1.82, 2.24) is 0 Å². The van der Waals surface area contributed by atoms with E-state index in [1.54, 1.807) is 0 Å². The van der Waals surface area contributed by atoms with Crippen LogP contribution in [0.15, 0.2) is 99.5 Å². The number of benzene rings is 3. The lowest BCUT2D eigenvalue weighted by Gasteiger charge is -2.08. The van der Waals surface area contributed by atoms with Gasteiger partial charge in [0, 0.05) is 21.2 Å². The molecule has 0 unspecified atom stereocenters. The van der Waals surface area contributed by atoms with E-state index in [0.29, 0.717) is 0 Å². The Hall–Kier alpha value is -2.72. The average Bonchev–Trinajstić information content (AvgIpc) is 2.65. The summed E-state index contributed by atoms with van der Waals surface area (Å²) >= 11 is 3.40. The van der Waals surface area contributed by atoms with Crippen molar-refractivity contribution in [2.24, 2.45) is 10.1 Å². The molecular formula is C20H15BrN2O. The minimum absolute atomic E-state index is 0.269. The van der Waals surface area contributed by atoms with Crippen LogP contribution in [0.5, 0.6) is 0 Å². The molecule has 0 saturated carbocycles. The van der Waals surface area contributed by atoms with Crippen LogP contribution >= 0.6 is 15.9 Å². The van der Waals surface area contributed by atoms with Gasteiger partial charge in [0.1, 0.15) is 0 Å². The fourth-order valence-electron chi connectivity index (χ4n) is 2.34. The zero-order valence-corrected chi connectivity index (χ0v) is 14.4. The maximum atomic E-state index is 9.46. The molecule has 0 atom stereocenters. The van der Waals surface area contributed by atoms with E-state index in [9.17, 15) is 5.21 Å². The molecule has 0 aliphatic carbocycles. The number of halogens is 1. The van der Waals surface area contributed by atoms with Gasteiger partial charge in [0.25, 0.3) is 0 Å². The molecule has 0 aliphatic rings. The number of oxime groups is 1. The van der Waals surface area contributed by atoms with Gasteiger partial charge < -0.3 is 5.21 Å². The van der Waals surface area contributed by atoms with Crippen molar-refractivity contribution in [2.75, 3.05) is 0 Å². The number of nitrogens with zero attached hydrogens (tertiary/aromatic N) is 2. The molecule has 0 radical (unpaired) electrons. The lowest BCUT2D eigenvalue weighted by atomic mass is 10.0. The molecule has 0 aliphatic heterocycles. The quantitative estimate of drug-likeness (QED) is 0.292. The molecule has 0 spiro atoms. The molecule has 0 heterocycles.